The van der Waals surface area contributed by atoms with Crippen molar-refractivity contribution >= 4 is 18.1 Å². The molecule has 1 N–H and O–H groups in total. The molecule has 35 heavy (non-hydrogen) atoms. The van der Waals surface area contributed by atoms with Crippen LogP contribution in [0.1, 0.15) is 54.6 Å². The Morgan fingerprint density at radius 3 is 2.37 bits per heavy atom. The average molecular weight is 475 g/mol. The summed E-state index contributed by atoms with van der Waals surface area (Å²) in [6.07, 6.45) is 2.54. The zero-order valence-corrected chi connectivity index (χ0v) is 20.2. The Bertz CT molecular complexity index is 1140. The van der Waals surface area contributed by atoms with Gasteiger partial charge in [-0.05, 0) is 72.9 Å². The Kier molecular flexibility index (Phi) is 9.42. The molecule has 0 radical (unpaired) electrons. The highest BCUT2D eigenvalue weighted by Crippen LogP contribution is 2.29. The van der Waals surface area contributed by atoms with Gasteiger partial charge in [0, 0.05) is 0 Å². The molecule has 0 aliphatic carbocycles. The normalized spacial score (nSPS) is 11.6. The van der Waals surface area contributed by atoms with Crippen LogP contribution in [0.5, 0.6) is 17.2 Å². The van der Waals surface area contributed by atoms with E-state index in [-0.39, 0.29) is 12.5 Å². The van der Waals surface area contributed by atoms with Gasteiger partial charge in [0.05, 0.1) is 18.4 Å². The summed E-state index contributed by atoms with van der Waals surface area (Å²) in [7, 11) is 0. The molecule has 0 spiro atoms. The van der Waals surface area contributed by atoms with Gasteiger partial charge in [0.2, 0.25) is 0 Å². The molecule has 7 nitrogen and oxygen atoms in total. The SMILES string of the molecule is CCOc1cc(C=NNC(=O)COc2ccc(C(C)CC)cc2)ccc1OC(=O)c1ccccc1. The quantitative estimate of drug-likeness (QED) is 0.175. The van der Waals surface area contributed by atoms with Crippen molar-refractivity contribution in [2.45, 2.75) is 33.1 Å². The minimum Gasteiger partial charge on any atom is -0.490 e. The molecule has 0 aliphatic rings. The van der Waals surface area contributed by atoms with Gasteiger partial charge in [0.25, 0.3) is 5.91 Å². The number of carbonyl (C=O) groups is 2. The van der Waals surface area contributed by atoms with E-state index in [0.29, 0.717) is 40.9 Å². The Morgan fingerprint density at radius 1 is 0.943 bits per heavy atom. The predicted molar refractivity (Wildman–Crippen MR) is 135 cm³/mol. The van der Waals surface area contributed by atoms with Crippen LogP contribution in [0.15, 0.2) is 77.9 Å². The van der Waals surface area contributed by atoms with Crippen molar-refractivity contribution in [3.8, 4) is 17.2 Å². The Labute approximate surface area is 205 Å². The van der Waals surface area contributed by atoms with E-state index in [2.05, 4.69) is 24.4 Å². The zero-order valence-electron chi connectivity index (χ0n) is 20.2. The number of rotatable bonds is 11. The molecule has 7 heteroatoms. The van der Waals surface area contributed by atoms with Crippen molar-refractivity contribution in [1.29, 1.82) is 0 Å². The highest BCUT2D eigenvalue weighted by molar-refractivity contribution is 5.91. The second-order valence-corrected chi connectivity index (χ2v) is 7.85. The first-order valence-corrected chi connectivity index (χ1v) is 11.6. The molecule has 0 fully saturated rings. The first-order valence-electron chi connectivity index (χ1n) is 11.6. The van der Waals surface area contributed by atoms with Crippen molar-refractivity contribution in [3.63, 3.8) is 0 Å². The van der Waals surface area contributed by atoms with Gasteiger partial charge in [-0.3, -0.25) is 4.79 Å². The summed E-state index contributed by atoms with van der Waals surface area (Å²) in [6, 6.07) is 21.5. The van der Waals surface area contributed by atoms with Gasteiger partial charge in [-0.15, -0.1) is 0 Å². The fourth-order valence-corrected chi connectivity index (χ4v) is 3.18. The van der Waals surface area contributed by atoms with E-state index in [1.807, 2.05) is 37.3 Å². The van der Waals surface area contributed by atoms with Crippen molar-refractivity contribution in [2.75, 3.05) is 13.2 Å². The zero-order chi connectivity index (χ0) is 25.0. The van der Waals surface area contributed by atoms with E-state index >= 15 is 0 Å². The summed E-state index contributed by atoms with van der Waals surface area (Å²) >= 11 is 0. The number of hydrogen-bond acceptors (Lipinski definition) is 6. The fourth-order valence-electron chi connectivity index (χ4n) is 3.18. The third-order valence-corrected chi connectivity index (χ3v) is 5.31. The first-order chi connectivity index (χ1) is 17.0. The van der Waals surface area contributed by atoms with Gasteiger partial charge in [0.1, 0.15) is 5.75 Å². The summed E-state index contributed by atoms with van der Waals surface area (Å²) in [5.41, 5.74) is 4.78. The molecule has 1 unspecified atom stereocenters. The van der Waals surface area contributed by atoms with Crippen molar-refractivity contribution < 1.29 is 23.8 Å². The van der Waals surface area contributed by atoms with Crippen LogP contribution in [0.4, 0.5) is 0 Å². The Hall–Kier alpha value is -4.13. The average Bonchev–Trinajstić information content (AvgIpc) is 2.89. The van der Waals surface area contributed by atoms with Gasteiger partial charge < -0.3 is 14.2 Å². The summed E-state index contributed by atoms with van der Waals surface area (Å²) in [5.74, 6) is 0.944. The summed E-state index contributed by atoms with van der Waals surface area (Å²) in [5, 5.41) is 3.97. The van der Waals surface area contributed by atoms with Gasteiger partial charge in [-0.1, -0.05) is 44.2 Å². The number of esters is 1. The van der Waals surface area contributed by atoms with Crippen LogP contribution in [0.3, 0.4) is 0 Å². The lowest BCUT2D eigenvalue weighted by Crippen LogP contribution is -2.24. The van der Waals surface area contributed by atoms with Gasteiger partial charge in [-0.2, -0.15) is 5.10 Å². The molecule has 3 aromatic carbocycles. The summed E-state index contributed by atoms with van der Waals surface area (Å²) in [6.45, 7) is 6.39. The number of amides is 1. The third kappa shape index (κ3) is 7.71. The molecule has 0 saturated carbocycles. The first kappa shape index (κ1) is 25.5. The fraction of sp³-hybridized carbons (Fsp3) is 0.250. The molecule has 0 aliphatic heterocycles. The van der Waals surface area contributed by atoms with Gasteiger partial charge in [0.15, 0.2) is 18.1 Å². The maximum Gasteiger partial charge on any atom is 0.343 e. The highest BCUT2D eigenvalue weighted by atomic mass is 16.6. The molecule has 0 saturated heterocycles. The Morgan fingerprint density at radius 2 is 1.69 bits per heavy atom. The summed E-state index contributed by atoms with van der Waals surface area (Å²) < 4.78 is 16.6. The smallest absolute Gasteiger partial charge is 0.343 e. The molecule has 1 atom stereocenters. The van der Waals surface area contributed by atoms with E-state index in [4.69, 9.17) is 14.2 Å². The number of benzene rings is 3. The van der Waals surface area contributed by atoms with Crippen LogP contribution < -0.4 is 19.6 Å². The van der Waals surface area contributed by atoms with E-state index in [0.717, 1.165) is 6.42 Å². The standard InChI is InChI=1S/C28H30N2O5/c1-4-20(3)22-12-14-24(15-13-22)34-19-27(31)30-29-18-21-11-16-25(26(17-21)33-5-2)35-28(32)23-9-7-6-8-10-23/h6-18,20H,4-5,19H2,1-3H3,(H,30,31). The number of nitrogens with one attached hydrogen (secondary N) is 1. The molecule has 0 bridgehead atoms. The monoisotopic (exact) mass is 474 g/mol. The molecule has 0 heterocycles. The lowest BCUT2D eigenvalue weighted by Gasteiger charge is -2.11. The van der Waals surface area contributed by atoms with Crippen LogP contribution in [-0.4, -0.2) is 31.3 Å². The van der Waals surface area contributed by atoms with E-state index in [1.165, 1.54) is 11.8 Å². The van der Waals surface area contributed by atoms with Crippen molar-refractivity contribution in [1.82, 2.24) is 5.43 Å². The number of nitrogens with zero attached hydrogens (tertiary/aromatic N) is 1. The van der Waals surface area contributed by atoms with E-state index in [9.17, 15) is 9.59 Å². The number of hydrazone groups is 1. The van der Waals surface area contributed by atoms with E-state index < -0.39 is 5.97 Å². The largest absolute Gasteiger partial charge is 0.490 e. The van der Waals surface area contributed by atoms with Gasteiger partial charge in [-0.25, -0.2) is 10.2 Å². The van der Waals surface area contributed by atoms with Crippen LogP contribution in [0, 0.1) is 0 Å². The maximum absolute atomic E-state index is 12.4. The molecular weight excluding hydrogens is 444 g/mol. The minimum absolute atomic E-state index is 0.154. The Balaban J connectivity index is 1.54. The maximum atomic E-state index is 12.4. The second kappa shape index (κ2) is 12.9. The summed E-state index contributed by atoms with van der Waals surface area (Å²) in [4.78, 5) is 24.4. The predicted octanol–water partition coefficient (Wildman–Crippen LogP) is 5.35. The molecule has 3 rings (SSSR count). The topological polar surface area (TPSA) is 86.2 Å². The van der Waals surface area contributed by atoms with E-state index in [1.54, 1.807) is 42.5 Å². The molecular formula is C28H30N2O5. The second-order valence-electron chi connectivity index (χ2n) is 7.85. The molecule has 1 amide bonds. The van der Waals surface area contributed by atoms with Crippen molar-refractivity contribution in [2.24, 2.45) is 5.10 Å². The lowest BCUT2D eigenvalue weighted by atomic mass is 9.99. The molecule has 182 valence electrons. The molecule has 3 aromatic rings. The van der Waals surface area contributed by atoms with Crippen LogP contribution in [0.2, 0.25) is 0 Å². The van der Waals surface area contributed by atoms with Crippen LogP contribution in [0.25, 0.3) is 0 Å². The van der Waals surface area contributed by atoms with Crippen LogP contribution >= 0.6 is 0 Å². The highest BCUT2D eigenvalue weighted by Gasteiger charge is 2.13. The number of carbonyl (C=O) groups excluding carboxylic acids is 2. The van der Waals surface area contributed by atoms with Gasteiger partial charge >= 0.3 is 5.97 Å². The van der Waals surface area contributed by atoms with Crippen molar-refractivity contribution in [3.05, 3.63) is 89.5 Å². The number of hydrogen-bond donors (Lipinski definition) is 1. The van der Waals surface area contributed by atoms with Crippen LogP contribution in [-0.2, 0) is 4.79 Å². The number of ether oxygens (including phenoxy) is 3. The lowest BCUT2D eigenvalue weighted by molar-refractivity contribution is -0.123. The molecule has 0 aromatic heterocycles. The minimum atomic E-state index is -0.477. The third-order valence-electron chi connectivity index (χ3n) is 5.31.